The first kappa shape index (κ1) is 34.7. The molecule has 0 N–H and O–H groups in total. The Morgan fingerprint density at radius 2 is 1.00 bits per heavy atom. The Morgan fingerprint density at radius 3 is 1.84 bits per heavy atom. The predicted octanol–water partition coefficient (Wildman–Crippen LogP) is 15.7. The molecule has 0 aliphatic heterocycles. The number of anilines is 3. The van der Waals surface area contributed by atoms with Gasteiger partial charge in [-0.3, -0.25) is 0 Å². The Morgan fingerprint density at radius 1 is 0.371 bits per heavy atom. The summed E-state index contributed by atoms with van der Waals surface area (Å²) in [7, 11) is 0. The van der Waals surface area contributed by atoms with Gasteiger partial charge in [0, 0.05) is 64.8 Å². The van der Waals surface area contributed by atoms with Gasteiger partial charge >= 0.3 is 0 Å². The summed E-state index contributed by atoms with van der Waals surface area (Å²) in [6.07, 6.45) is 0. The van der Waals surface area contributed by atoms with Crippen molar-refractivity contribution in [1.29, 1.82) is 0 Å². The van der Waals surface area contributed by atoms with Gasteiger partial charge in [0.25, 0.3) is 0 Å². The molecular formula is C55H32N4O2S. The second-order valence-electron chi connectivity index (χ2n) is 15.5. The van der Waals surface area contributed by atoms with Gasteiger partial charge < -0.3 is 13.7 Å². The summed E-state index contributed by atoms with van der Waals surface area (Å²) in [5, 5.41) is 8.57. The first-order chi connectivity index (χ1) is 30.7. The van der Waals surface area contributed by atoms with E-state index >= 15 is 0 Å². The highest BCUT2D eigenvalue weighted by atomic mass is 32.1. The quantitative estimate of drug-likeness (QED) is 0.167. The lowest BCUT2D eigenvalue weighted by Gasteiger charge is -2.26. The molecule has 4 heterocycles. The van der Waals surface area contributed by atoms with E-state index in [0.29, 0.717) is 17.5 Å². The SMILES string of the molecule is c1ccc(N(c2cc(-c3nc(-c4ccc5ccccc5c4)nc(-c4cccc5sc6ccccc6c45)n3)c3c(c2)oc2ccccc23)c2cccc3oc4ccccc4c23)cc1. The predicted molar refractivity (Wildman–Crippen MR) is 256 cm³/mol. The van der Waals surface area contributed by atoms with Gasteiger partial charge in [-0.1, -0.05) is 127 Å². The van der Waals surface area contributed by atoms with Gasteiger partial charge in [0.05, 0.1) is 16.8 Å². The van der Waals surface area contributed by atoms with Gasteiger partial charge in [0.15, 0.2) is 17.5 Å². The standard InChI is InChI=1S/C55H32N4O2S/c1-2-16-36(17-3-1)59(43-22-13-25-46-52(43)39-19-7-10-24-45(39)60-46)37-31-42(50-38-18-6-9-23-44(38)61-47(50)32-37)55-57-53(35-29-28-33-14-4-5-15-34(33)30-35)56-54(58-55)41-21-12-27-49-51(41)40-20-8-11-26-48(40)62-49/h1-32H. The summed E-state index contributed by atoms with van der Waals surface area (Å²) < 4.78 is 15.6. The third kappa shape index (κ3) is 5.45. The molecule has 0 atom stereocenters. The highest BCUT2D eigenvalue weighted by molar-refractivity contribution is 7.25. The third-order valence-electron chi connectivity index (χ3n) is 11.9. The summed E-state index contributed by atoms with van der Waals surface area (Å²) in [5.41, 5.74) is 8.70. The van der Waals surface area contributed by atoms with Gasteiger partial charge in [-0.25, -0.2) is 15.0 Å². The lowest BCUT2D eigenvalue weighted by molar-refractivity contribution is 0.669. The number of nitrogens with zero attached hydrogens (tertiary/aromatic N) is 4. The van der Waals surface area contributed by atoms with Crippen molar-refractivity contribution in [2.75, 3.05) is 4.90 Å². The number of rotatable bonds is 6. The second-order valence-corrected chi connectivity index (χ2v) is 16.6. The summed E-state index contributed by atoms with van der Waals surface area (Å²) in [5.74, 6) is 1.74. The zero-order valence-electron chi connectivity index (χ0n) is 33.0. The molecule has 0 saturated heterocycles. The number of thiophene rings is 1. The first-order valence-electron chi connectivity index (χ1n) is 20.6. The molecule has 290 valence electrons. The number of hydrogen-bond acceptors (Lipinski definition) is 7. The second kappa shape index (κ2) is 13.7. The maximum absolute atomic E-state index is 6.78. The molecule has 0 bridgehead atoms. The smallest absolute Gasteiger partial charge is 0.164 e. The summed E-state index contributed by atoms with van der Waals surface area (Å²) >= 11 is 1.78. The van der Waals surface area contributed by atoms with Crippen LogP contribution in [0.2, 0.25) is 0 Å². The molecule has 9 aromatic carbocycles. The Kier molecular flexibility index (Phi) is 7.67. The van der Waals surface area contributed by atoms with Crippen molar-refractivity contribution < 1.29 is 8.83 Å². The molecule has 0 amide bonds. The van der Waals surface area contributed by atoms with E-state index < -0.39 is 0 Å². The molecule has 0 radical (unpaired) electrons. The summed E-state index contributed by atoms with van der Waals surface area (Å²) in [6.45, 7) is 0. The van der Waals surface area contributed by atoms with Crippen LogP contribution in [0.4, 0.5) is 17.1 Å². The van der Waals surface area contributed by atoms with Crippen molar-refractivity contribution in [2.24, 2.45) is 0 Å². The van der Waals surface area contributed by atoms with Gasteiger partial charge in [0.1, 0.15) is 22.3 Å². The largest absolute Gasteiger partial charge is 0.456 e. The maximum Gasteiger partial charge on any atom is 0.164 e. The van der Waals surface area contributed by atoms with Crippen molar-refractivity contribution in [3.8, 4) is 34.2 Å². The van der Waals surface area contributed by atoms with E-state index in [2.05, 4.69) is 163 Å². The highest BCUT2D eigenvalue weighted by Gasteiger charge is 2.25. The van der Waals surface area contributed by atoms with Gasteiger partial charge in [-0.2, -0.15) is 0 Å². The van der Waals surface area contributed by atoms with Crippen LogP contribution in [0.15, 0.2) is 203 Å². The van der Waals surface area contributed by atoms with E-state index in [-0.39, 0.29) is 0 Å². The molecule has 7 heteroatoms. The number of fused-ring (bicyclic) bond motifs is 10. The molecule has 13 rings (SSSR count). The Labute approximate surface area is 358 Å². The number of hydrogen-bond donors (Lipinski definition) is 0. The topological polar surface area (TPSA) is 68.2 Å². The van der Waals surface area contributed by atoms with E-state index in [1.165, 1.54) is 14.8 Å². The van der Waals surface area contributed by atoms with Crippen LogP contribution in [0.25, 0.3) is 109 Å². The van der Waals surface area contributed by atoms with Crippen molar-refractivity contribution in [3.63, 3.8) is 0 Å². The van der Waals surface area contributed by atoms with Crippen LogP contribution < -0.4 is 4.90 Å². The maximum atomic E-state index is 6.78. The van der Waals surface area contributed by atoms with Crippen LogP contribution in [0.1, 0.15) is 0 Å². The molecule has 0 saturated carbocycles. The minimum absolute atomic E-state index is 0.549. The van der Waals surface area contributed by atoms with Gasteiger partial charge in [-0.05, 0) is 71.4 Å². The number of furan rings is 2. The van der Waals surface area contributed by atoms with Crippen LogP contribution in [0.3, 0.4) is 0 Å². The number of aromatic nitrogens is 3. The number of benzene rings is 9. The summed E-state index contributed by atoms with van der Waals surface area (Å²) in [6, 6.07) is 67.3. The van der Waals surface area contributed by atoms with E-state index in [1.54, 1.807) is 11.3 Å². The van der Waals surface area contributed by atoms with E-state index in [4.69, 9.17) is 23.8 Å². The van der Waals surface area contributed by atoms with Crippen molar-refractivity contribution >= 4 is 103 Å². The van der Waals surface area contributed by atoms with Crippen molar-refractivity contribution in [2.45, 2.75) is 0 Å². The average Bonchev–Trinajstić information content (AvgIpc) is 4.03. The van der Waals surface area contributed by atoms with Gasteiger partial charge in [-0.15, -0.1) is 11.3 Å². The highest BCUT2D eigenvalue weighted by Crippen LogP contribution is 2.47. The van der Waals surface area contributed by atoms with Crippen molar-refractivity contribution in [1.82, 2.24) is 15.0 Å². The van der Waals surface area contributed by atoms with E-state index in [9.17, 15) is 0 Å². The van der Waals surface area contributed by atoms with E-state index in [1.807, 2.05) is 36.4 Å². The summed E-state index contributed by atoms with van der Waals surface area (Å²) in [4.78, 5) is 18.5. The average molecular weight is 813 g/mol. The third-order valence-corrected chi connectivity index (χ3v) is 13.0. The lowest BCUT2D eigenvalue weighted by Crippen LogP contribution is -2.10. The molecule has 62 heavy (non-hydrogen) atoms. The number of para-hydroxylation sites is 3. The molecule has 13 aromatic rings. The van der Waals surface area contributed by atoms with Crippen molar-refractivity contribution in [3.05, 3.63) is 194 Å². The lowest BCUT2D eigenvalue weighted by atomic mass is 10.0. The minimum atomic E-state index is 0.549. The molecule has 0 aliphatic rings. The fourth-order valence-electron chi connectivity index (χ4n) is 9.13. The monoisotopic (exact) mass is 812 g/mol. The minimum Gasteiger partial charge on any atom is -0.456 e. The molecule has 0 fully saturated rings. The van der Waals surface area contributed by atoms with Crippen LogP contribution in [0, 0.1) is 0 Å². The molecular weight excluding hydrogens is 781 g/mol. The molecule has 4 aromatic heterocycles. The van der Waals surface area contributed by atoms with Crippen LogP contribution >= 0.6 is 11.3 Å². The van der Waals surface area contributed by atoms with Gasteiger partial charge in [0.2, 0.25) is 0 Å². The normalized spacial score (nSPS) is 11.9. The zero-order valence-corrected chi connectivity index (χ0v) is 33.8. The molecule has 6 nitrogen and oxygen atoms in total. The fourth-order valence-corrected chi connectivity index (χ4v) is 10.3. The fraction of sp³-hybridized carbons (Fsp3) is 0. The Hall–Kier alpha value is -8.13. The van der Waals surface area contributed by atoms with Crippen LogP contribution in [-0.2, 0) is 0 Å². The van der Waals surface area contributed by atoms with Crippen LogP contribution in [0.5, 0.6) is 0 Å². The Balaban J connectivity index is 1.13. The zero-order chi connectivity index (χ0) is 40.7. The van der Waals surface area contributed by atoms with E-state index in [0.717, 1.165) is 93.8 Å². The Bertz CT molecular complexity index is 3900. The van der Waals surface area contributed by atoms with Crippen LogP contribution in [-0.4, -0.2) is 15.0 Å². The molecule has 0 unspecified atom stereocenters. The first-order valence-corrected chi connectivity index (χ1v) is 21.4. The molecule has 0 spiro atoms. The molecule has 0 aliphatic carbocycles.